The van der Waals surface area contributed by atoms with Gasteiger partial charge in [-0.05, 0) is 37.6 Å². The zero-order chi connectivity index (χ0) is 15.0. The second-order valence-corrected chi connectivity index (χ2v) is 5.34. The highest BCUT2D eigenvalue weighted by atomic mass is 35.5. The van der Waals surface area contributed by atoms with Crippen molar-refractivity contribution in [1.29, 1.82) is 0 Å². The Bertz CT molecular complexity index is 839. The number of nitrogens with zero attached hydrogens (tertiary/aromatic N) is 2. The molecule has 0 saturated carbocycles. The molecule has 0 aliphatic carbocycles. The van der Waals surface area contributed by atoms with Crippen molar-refractivity contribution in [3.8, 4) is 0 Å². The van der Waals surface area contributed by atoms with Crippen LogP contribution in [0.5, 0.6) is 0 Å². The Morgan fingerprint density at radius 2 is 1.95 bits per heavy atom. The molecule has 2 aromatic carbocycles. The van der Waals surface area contributed by atoms with Gasteiger partial charge in [-0.1, -0.05) is 35.9 Å². The van der Waals surface area contributed by atoms with E-state index in [1.54, 1.807) is 12.1 Å². The Kier molecular flexibility index (Phi) is 3.39. The number of hydrogen-bond acceptors (Lipinski definition) is 2. The van der Waals surface area contributed by atoms with Crippen LogP contribution in [0.25, 0.3) is 10.9 Å². The molecule has 0 fully saturated rings. The van der Waals surface area contributed by atoms with E-state index in [-0.39, 0.29) is 6.03 Å². The first-order chi connectivity index (χ1) is 10.1. The van der Waals surface area contributed by atoms with E-state index in [0.717, 1.165) is 22.2 Å². The lowest BCUT2D eigenvalue weighted by Gasteiger charge is -2.09. The van der Waals surface area contributed by atoms with Crippen LogP contribution in [0.3, 0.4) is 0 Å². The number of aryl methyl sites for hydroxylation is 2. The van der Waals surface area contributed by atoms with Gasteiger partial charge in [-0.25, -0.2) is 4.79 Å². The summed E-state index contributed by atoms with van der Waals surface area (Å²) >= 11 is 5.97. The highest BCUT2D eigenvalue weighted by molar-refractivity contribution is 6.31. The molecule has 0 saturated heterocycles. The van der Waals surface area contributed by atoms with Crippen molar-refractivity contribution < 1.29 is 4.79 Å². The summed E-state index contributed by atoms with van der Waals surface area (Å²) in [5.41, 5.74) is 3.24. The number of carbonyl (C=O) groups is 1. The number of nitrogens with one attached hydrogen (secondary N) is 1. The van der Waals surface area contributed by atoms with Gasteiger partial charge in [0.15, 0.2) is 0 Å². The van der Waals surface area contributed by atoms with Crippen molar-refractivity contribution in [2.45, 2.75) is 13.8 Å². The van der Waals surface area contributed by atoms with Gasteiger partial charge in [-0.15, -0.1) is 0 Å². The number of benzene rings is 2. The highest BCUT2D eigenvalue weighted by Gasteiger charge is 2.14. The van der Waals surface area contributed by atoms with E-state index in [9.17, 15) is 4.79 Å². The van der Waals surface area contributed by atoms with Crippen LogP contribution in [0.15, 0.2) is 42.5 Å². The quantitative estimate of drug-likeness (QED) is 0.724. The predicted octanol–water partition coefficient (Wildman–Crippen LogP) is 4.39. The Balaban J connectivity index is 2.00. The van der Waals surface area contributed by atoms with Crippen LogP contribution in [-0.2, 0) is 0 Å². The van der Waals surface area contributed by atoms with Crippen LogP contribution < -0.4 is 5.32 Å². The zero-order valence-electron chi connectivity index (χ0n) is 11.7. The van der Waals surface area contributed by atoms with E-state index in [0.29, 0.717) is 10.7 Å². The van der Waals surface area contributed by atoms with E-state index >= 15 is 0 Å². The maximum atomic E-state index is 12.5. The third-order valence-corrected chi connectivity index (χ3v) is 3.64. The second kappa shape index (κ2) is 5.22. The fraction of sp³-hybridized carbons (Fsp3) is 0.125. The summed E-state index contributed by atoms with van der Waals surface area (Å²) in [6, 6.07) is 12.7. The van der Waals surface area contributed by atoms with Crippen LogP contribution in [-0.4, -0.2) is 15.8 Å². The van der Waals surface area contributed by atoms with E-state index in [4.69, 9.17) is 11.6 Å². The average molecular weight is 300 g/mol. The van der Waals surface area contributed by atoms with Gasteiger partial charge in [0.25, 0.3) is 0 Å². The fourth-order valence-corrected chi connectivity index (χ4v) is 2.45. The molecule has 3 rings (SSSR count). The monoisotopic (exact) mass is 299 g/mol. The van der Waals surface area contributed by atoms with Gasteiger partial charge in [-0.3, -0.25) is 0 Å². The lowest BCUT2D eigenvalue weighted by atomic mass is 10.2. The zero-order valence-corrected chi connectivity index (χ0v) is 12.5. The summed E-state index contributed by atoms with van der Waals surface area (Å²) in [7, 11) is 0. The van der Waals surface area contributed by atoms with Crippen LogP contribution in [0.4, 0.5) is 10.5 Å². The number of para-hydroxylation sites is 1. The Hall–Kier alpha value is -2.33. The molecule has 0 aliphatic rings. The van der Waals surface area contributed by atoms with Crippen LogP contribution in [0.1, 0.15) is 11.3 Å². The fourth-order valence-electron chi connectivity index (χ4n) is 2.27. The number of fused-ring (bicyclic) bond motifs is 1. The lowest BCUT2D eigenvalue weighted by Crippen LogP contribution is -2.21. The molecular weight excluding hydrogens is 286 g/mol. The lowest BCUT2D eigenvalue weighted by molar-refractivity contribution is 0.251. The third-order valence-electron chi connectivity index (χ3n) is 3.41. The molecule has 0 spiro atoms. The summed E-state index contributed by atoms with van der Waals surface area (Å²) in [4.78, 5) is 12.5. The highest BCUT2D eigenvalue weighted by Crippen LogP contribution is 2.22. The van der Waals surface area contributed by atoms with Gasteiger partial charge in [0.05, 0.1) is 11.2 Å². The number of rotatable bonds is 1. The van der Waals surface area contributed by atoms with Gasteiger partial charge in [-0.2, -0.15) is 9.78 Å². The molecular formula is C16H14ClN3O. The van der Waals surface area contributed by atoms with Gasteiger partial charge in [0.1, 0.15) is 0 Å². The van der Waals surface area contributed by atoms with Gasteiger partial charge in [0.2, 0.25) is 0 Å². The number of carbonyl (C=O) groups excluding carboxylic acids is 1. The van der Waals surface area contributed by atoms with Crippen molar-refractivity contribution >= 4 is 34.2 Å². The smallest absolute Gasteiger partial charge is 0.306 e. The summed E-state index contributed by atoms with van der Waals surface area (Å²) in [6.07, 6.45) is 0. The number of amides is 1. The van der Waals surface area contributed by atoms with Gasteiger partial charge < -0.3 is 5.32 Å². The SMILES string of the molecule is Cc1ccc(Cl)cc1NC(=O)n1nc(C)c2ccccc21. The molecule has 1 aromatic heterocycles. The van der Waals surface area contributed by atoms with E-state index in [1.807, 2.05) is 44.2 Å². The maximum absolute atomic E-state index is 12.5. The number of anilines is 1. The Morgan fingerprint density at radius 3 is 2.76 bits per heavy atom. The van der Waals surface area contributed by atoms with E-state index < -0.39 is 0 Å². The standard InChI is InChI=1S/C16H14ClN3O/c1-10-7-8-12(17)9-14(10)18-16(21)20-15-6-4-3-5-13(15)11(2)19-20/h3-9H,1-2H3,(H,18,21). The molecule has 4 nitrogen and oxygen atoms in total. The van der Waals surface area contributed by atoms with Crippen LogP contribution in [0.2, 0.25) is 5.02 Å². The number of halogens is 1. The minimum atomic E-state index is -0.301. The molecule has 1 N–H and O–H groups in total. The van der Waals surface area contributed by atoms with Crippen molar-refractivity contribution in [1.82, 2.24) is 9.78 Å². The molecule has 5 heteroatoms. The summed E-state index contributed by atoms with van der Waals surface area (Å²) in [5.74, 6) is 0. The summed E-state index contributed by atoms with van der Waals surface area (Å²) < 4.78 is 1.38. The molecule has 106 valence electrons. The first-order valence-corrected chi connectivity index (χ1v) is 6.96. The second-order valence-electron chi connectivity index (χ2n) is 4.90. The minimum Gasteiger partial charge on any atom is -0.306 e. The largest absolute Gasteiger partial charge is 0.347 e. The van der Waals surface area contributed by atoms with Gasteiger partial charge in [0, 0.05) is 16.1 Å². The normalized spacial score (nSPS) is 10.8. The molecule has 0 radical (unpaired) electrons. The molecule has 0 bridgehead atoms. The maximum Gasteiger partial charge on any atom is 0.347 e. The molecule has 1 amide bonds. The molecule has 21 heavy (non-hydrogen) atoms. The van der Waals surface area contributed by atoms with Crippen molar-refractivity contribution in [2.24, 2.45) is 0 Å². The molecule has 1 heterocycles. The molecule has 0 aliphatic heterocycles. The Labute approximate surface area is 127 Å². The van der Waals surface area contributed by atoms with E-state index in [1.165, 1.54) is 4.68 Å². The van der Waals surface area contributed by atoms with Crippen molar-refractivity contribution in [3.05, 3.63) is 58.7 Å². The minimum absolute atomic E-state index is 0.301. The van der Waals surface area contributed by atoms with Crippen LogP contribution >= 0.6 is 11.6 Å². The van der Waals surface area contributed by atoms with E-state index in [2.05, 4.69) is 10.4 Å². The third kappa shape index (κ3) is 2.50. The molecule has 3 aromatic rings. The predicted molar refractivity (Wildman–Crippen MR) is 85.1 cm³/mol. The average Bonchev–Trinajstić information content (AvgIpc) is 2.81. The van der Waals surface area contributed by atoms with Crippen molar-refractivity contribution in [3.63, 3.8) is 0 Å². The Morgan fingerprint density at radius 1 is 1.19 bits per heavy atom. The summed E-state index contributed by atoms with van der Waals surface area (Å²) in [6.45, 7) is 3.80. The first-order valence-electron chi connectivity index (χ1n) is 6.58. The van der Waals surface area contributed by atoms with Crippen molar-refractivity contribution in [2.75, 3.05) is 5.32 Å². The number of aromatic nitrogens is 2. The topological polar surface area (TPSA) is 46.9 Å². The first kappa shape index (κ1) is 13.6. The summed E-state index contributed by atoms with van der Waals surface area (Å²) in [5, 5.41) is 8.71. The number of hydrogen-bond donors (Lipinski definition) is 1. The van der Waals surface area contributed by atoms with Gasteiger partial charge >= 0.3 is 6.03 Å². The molecule has 0 atom stereocenters. The van der Waals surface area contributed by atoms with Crippen LogP contribution in [0, 0.1) is 13.8 Å². The molecule has 0 unspecified atom stereocenters.